The summed E-state index contributed by atoms with van der Waals surface area (Å²) in [6.07, 6.45) is -4.93. The Hall–Kier alpha value is -3.63. The van der Waals surface area contributed by atoms with E-state index in [1.54, 1.807) is 18.2 Å². The molecule has 1 amide bonds. The van der Waals surface area contributed by atoms with Gasteiger partial charge in [-0.1, -0.05) is 17.3 Å². The zero-order chi connectivity index (χ0) is 21.9. The third-order valence-electron chi connectivity index (χ3n) is 4.15. The normalized spacial score (nSPS) is 11.3. The maximum Gasteiger partial charge on any atom is 0.435 e. The number of hydrogen-bond acceptors (Lipinski definition) is 5. The smallest absolute Gasteiger partial charge is 0.435 e. The Morgan fingerprint density at radius 3 is 2.40 bits per heavy atom. The molecule has 2 aromatic carbocycles. The van der Waals surface area contributed by atoms with E-state index in [0.29, 0.717) is 21.7 Å². The lowest BCUT2D eigenvalue weighted by Gasteiger charge is -2.13. The standard InChI is InChI=1S/C19H16F4N4O3/c1-29-14-5-3-4-11(16(14)30-2)10-24-18(28)15-17(19(21,22)23)27(26-25-15)13-8-6-12(20)7-9-13/h3-9H,10H2,1-2H3,(H,24,28). The van der Waals surface area contributed by atoms with Crippen molar-refractivity contribution in [1.29, 1.82) is 0 Å². The molecule has 0 aliphatic heterocycles. The monoisotopic (exact) mass is 424 g/mol. The second-order valence-electron chi connectivity index (χ2n) is 6.01. The highest BCUT2D eigenvalue weighted by Gasteiger charge is 2.42. The average Bonchev–Trinajstić information content (AvgIpc) is 3.18. The Bertz CT molecular complexity index is 1050. The minimum Gasteiger partial charge on any atom is -0.493 e. The largest absolute Gasteiger partial charge is 0.493 e. The van der Waals surface area contributed by atoms with Crippen LogP contribution in [0.2, 0.25) is 0 Å². The summed E-state index contributed by atoms with van der Waals surface area (Å²) in [5.41, 5.74) is -1.88. The number of nitrogens with one attached hydrogen (secondary N) is 1. The minimum absolute atomic E-state index is 0.0928. The molecule has 0 spiro atoms. The molecule has 158 valence electrons. The maximum atomic E-state index is 13.7. The Balaban J connectivity index is 1.91. The molecule has 0 radical (unpaired) electrons. The predicted octanol–water partition coefficient (Wildman–Crippen LogP) is 3.37. The van der Waals surface area contributed by atoms with Crippen LogP contribution in [-0.4, -0.2) is 35.1 Å². The molecule has 3 aromatic rings. The molecule has 0 aliphatic rings. The van der Waals surface area contributed by atoms with Crippen LogP contribution >= 0.6 is 0 Å². The summed E-state index contributed by atoms with van der Waals surface area (Å²) in [4.78, 5) is 12.5. The number of methoxy groups -OCH3 is 2. The summed E-state index contributed by atoms with van der Waals surface area (Å²) >= 11 is 0. The molecule has 0 aliphatic carbocycles. The van der Waals surface area contributed by atoms with E-state index in [9.17, 15) is 22.4 Å². The fraction of sp³-hybridized carbons (Fsp3) is 0.211. The summed E-state index contributed by atoms with van der Waals surface area (Å²) in [6.45, 7) is -0.139. The fourth-order valence-electron chi connectivity index (χ4n) is 2.80. The Morgan fingerprint density at radius 1 is 1.10 bits per heavy atom. The lowest BCUT2D eigenvalue weighted by Crippen LogP contribution is -2.27. The van der Waals surface area contributed by atoms with Crippen LogP contribution in [0.25, 0.3) is 5.69 Å². The van der Waals surface area contributed by atoms with E-state index >= 15 is 0 Å². The summed E-state index contributed by atoms with van der Waals surface area (Å²) in [5, 5.41) is 9.22. The molecule has 30 heavy (non-hydrogen) atoms. The number of nitrogens with zero attached hydrogens (tertiary/aromatic N) is 3. The van der Waals surface area contributed by atoms with Gasteiger partial charge in [0.25, 0.3) is 5.91 Å². The fourth-order valence-corrected chi connectivity index (χ4v) is 2.80. The maximum absolute atomic E-state index is 13.7. The lowest BCUT2D eigenvalue weighted by molar-refractivity contribution is -0.143. The first-order valence-corrected chi connectivity index (χ1v) is 8.53. The van der Waals surface area contributed by atoms with Gasteiger partial charge in [-0.2, -0.15) is 13.2 Å². The highest BCUT2D eigenvalue weighted by Crippen LogP contribution is 2.33. The number of alkyl halides is 3. The van der Waals surface area contributed by atoms with Gasteiger partial charge < -0.3 is 14.8 Å². The molecule has 7 nitrogen and oxygen atoms in total. The van der Waals surface area contributed by atoms with Gasteiger partial charge in [0, 0.05) is 12.1 Å². The topological polar surface area (TPSA) is 78.3 Å². The Morgan fingerprint density at radius 2 is 1.80 bits per heavy atom. The summed E-state index contributed by atoms with van der Waals surface area (Å²) in [7, 11) is 2.84. The first-order chi connectivity index (χ1) is 14.3. The van der Waals surface area contributed by atoms with Crippen molar-refractivity contribution in [2.45, 2.75) is 12.7 Å². The number of benzene rings is 2. The van der Waals surface area contributed by atoms with Gasteiger partial charge in [-0.15, -0.1) is 5.10 Å². The van der Waals surface area contributed by atoms with Crippen LogP contribution < -0.4 is 14.8 Å². The molecule has 1 N–H and O–H groups in total. The van der Waals surface area contributed by atoms with Crippen molar-refractivity contribution in [1.82, 2.24) is 20.3 Å². The van der Waals surface area contributed by atoms with E-state index in [4.69, 9.17) is 9.47 Å². The van der Waals surface area contributed by atoms with Gasteiger partial charge in [0.15, 0.2) is 22.9 Å². The van der Waals surface area contributed by atoms with Gasteiger partial charge in [0.1, 0.15) is 5.82 Å². The predicted molar refractivity (Wildman–Crippen MR) is 97.0 cm³/mol. The molecule has 0 unspecified atom stereocenters. The Kier molecular flexibility index (Phi) is 5.90. The van der Waals surface area contributed by atoms with Crippen molar-refractivity contribution in [2.75, 3.05) is 14.2 Å². The van der Waals surface area contributed by atoms with Crippen LogP contribution in [0.15, 0.2) is 42.5 Å². The van der Waals surface area contributed by atoms with Gasteiger partial charge in [-0.05, 0) is 30.3 Å². The van der Waals surface area contributed by atoms with E-state index in [-0.39, 0.29) is 12.2 Å². The van der Waals surface area contributed by atoms with Crippen LogP contribution in [0.1, 0.15) is 21.7 Å². The number of hydrogen-bond donors (Lipinski definition) is 1. The molecule has 11 heteroatoms. The van der Waals surface area contributed by atoms with Crippen molar-refractivity contribution >= 4 is 5.91 Å². The first kappa shape index (κ1) is 21.1. The van der Waals surface area contributed by atoms with E-state index in [1.807, 2.05) is 0 Å². The number of carbonyl (C=O) groups is 1. The third kappa shape index (κ3) is 4.19. The van der Waals surface area contributed by atoms with Gasteiger partial charge in [-0.3, -0.25) is 4.79 Å². The van der Waals surface area contributed by atoms with Crippen LogP contribution in [-0.2, 0) is 12.7 Å². The van der Waals surface area contributed by atoms with Gasteiger partial charge >= 0.3 is 6.18 Å². The number of ether oxygens (including phenoxy) is 2. The third-order valence-corrected chi connectivity index (χ3v) is 4.15. The quantitative estimate of drug-likeness (QED) is 0.614. The zero-order valence-electron chi connectivity index (χ0n) is 15.8. The molecule has 0 bridgehead atoms. The number of halogens is 4. The Labute approximate surface area is 168 Å². The van der Waals surface area contributed by atoms with Crippen LogP contribution in [0.4, 0.5) is 17.6 Å². The van der Waals surface area contributed by atoms with Crippen LogP contribution in [0.5, 0.6) is 11.5 Å². The van der Waals surface area contributed by atoms with E-state index in [0.717, 1.165) is 24.3 Å². The van der Waals surface area contributed by atoms with Crippen molar-refractivity contribution in [2.24, 2.45) is 0 Å². The molecule has 0 atom stereocenters. The zero-order valence-corrected chi connectivity index (χ0v) is 15.8. The summed E-state index contributed by atoms with van der Waals surface area (Å²) < 4.78 is 64.9. The second kappa shape index (κ2) is 8.39. The van der Waals surface area contributed by atoms with Crippen LogP contribution in [0.3, 0.4) is 0 Å². The molecule has 0 saturated heterocycles. The van der Waals surface area contributed by atoms with Crippen molar-refractivity contribution in [3.8, 4) is 17.2 Å². The molecule has 3 rings (SSSR count). The van der Waals surface area contributed by atoms with Gasteiger partial charge in [-0.25, -0.2) is 9.07 Å². The number of aromatic nitrogens is 3. The van der Waals surface area contributed by atoms with Crippen LogP contribution in [0, 0.1) is 5.82 Å². The van der Waals surface area contributed by atoms with E-state index in [1.165, 1.54) is 14.2 Å². The molecular weight excluding hydrogens is 408 g/mol. The lowest BCUT2D eigenvalue weighted by atomic mass is 10.1. The van der Waals surface area contributed by atoms with Gasteiger partial charge in [0.2, 0.25) is 0 Å². The van der Waals surface area contributed by atoms with Crippen molar-refractivity contribution in [3.63, 3.8) is 0 Å². The van der Waals surface area contributed by atoms with E-state index in [2.05, 4.69) is 15.6 Å². The molecule has 0 saturated carbocycles. The number of para-hydroxylation sites is 1. The second-order valence-corrected chi connectivity index (χ2v) is 6.01. The average molecular weight is 424 g/mol. The first-order valence-electron chi connectivity index (χ1n) is 8.53. The number of carbonyl (C=O) groups excluding carboxylic acids is 1. The molecule has 1 heterocycles. The highest BCUT2D eigenvalue weighted by molar-refractivity contribution is 5.93. The highest BCUT2D eigenvalue weighted by atomic mass is 19.4. The molecular formula is C19H16F4N4O3. The van der Waals surface area contributed by atoms with Crippen molar-refractivity contribution < 1.29 is 31.8 Å². The SMILES string of the molecule is COc1cccc(CNC(=O)c2nnn(-c3ccc(F)cc3)c2C(F)(F)F)c1OC. The molecule has 0 fully saturated rings. The minimum atomic E-state index is -4.93. The van der Waals surface area contributed by atoms with E-state index < -0.39 is 29.3 Å². The summed E-state index contributed by atoms with van der Waals surface area (Å²) in [5.74, 6) is -0.966. The molecule has 1 aromatic heterocycles. The van der Waals surface area contributed by atoms with Gasteiger partial charge in [0.05, 0.1) is 19.9 Å². The number of rotatable bonds is 6. The number of amides is 1. The summed E-state index contributed by atoms with van der Waals surface area (Å²) in [6, 6.07) is 9.07. The van der Waals surface area contributed by atoms with Crippen molar-refractivity contribution in [3.05, 3.63) is 65.2 Å².